The fraction of sp³-hybridized carbons (Fsp3) is 0.526. The molecule has 0 aliphatic heterocycles. The predicted octanol–water partition coefficient (Wildman–Crippen LogP) is 3.87. The maximum Gasteiger partial charge on any atom is 0.331 e. The Morgan fingerprint density at radius 1 is 1.26 bits per heavy atom. The van der Waals surface area contributed by atoms with E-state index in [0.29, 0.717) is 11.5 Å². The number of benzene rings is 1. The van der Waals surface area contributed by atoms with E-state index in [0.717, 1.165) is 12.8 Å². The number of phenols is 2. The summed E-state index contributed by atoms with van der Waals surface area (Å²) < 4.78 is 5.72. The number of carbonyl (C=O) groups excluding carboxylic acids is 1. The number of aromatic hydroxyl groups is 2. The van der Waals surface area contributed by atoms with E-state index in [2.05, 4.69) is 20.8 Å². The summed E-state index contributed by atoms with van der Waals surface area (Å²) >= 11 is 0. The van der Waals surface area contributed by atoms with Crippen molar-refractivity contribution in [3.05, 3.63) is 29.8 Å². The summed E-state index contributed by atoms with van der Waals surface area (Å²) in [6, 6.07) is 4.42. The minimum Gasteiger partial charge on any atom is -0.504 e. The van der Waals surface area contributed by atoms with Crippen molar-refractivity contribution in [1.29, 1.82) is 0 Å². The zero-order valence-electron chi connectivity index (χ0n) is 13.9. The largest absolute Gasteiger partial charge is 0.504 e. The molecule has 3 unspecified atom stereocenters. The standard InChI is InChI=1S/C19H24O4/c1-18(2)13-8-9-19(18,3)16(11-13)23-17(22)7-5-12-4-6-14(20)15(21)10-12/h4-7,10,13,16,20-21H,8-9,11H2,1-3H3. The van der Waals surface area contributed by atoms with Crippen molar-refractivity contribution < 1.29 is 19.7 Å². The highest BCUT2D eigenvalue weighted by Crippen LogP contribution is 2.66. The number of hydrogen-bond donors (Lipinski definition) is 2. The number of hydrogen-bond acceptors (Lipinski definition) is 4. The second-order valence-electron chi connectivity index (χ2n) is 7.62. The summed E-state index contributed by atoms with van der Waals surface area (Å²) in [5, 5.41) is 18.7. The van der Waals surface area contributed by atoms with Crippen molar-refractivity contribution in [3.8, 4) is 11.5 Å². The zero-order chi connectivity index (χ0) is 16.8. The molecule has 0 aromatic heterocycles. The molecule has 0 amide bonds. The third kappa shape index (κ3) is 2.50. The summed E-state index contributed by atoms with van der Waals surface area (Å²) in [6.07, 6.45) is 6.22. The molecule has 2 aliphatic carbocycles. The highest BCUT2D eigenvalue weighted by atomic mass is 16.5. The SMILES string of the molecule is CC1(C)C2CCC1(C)C(OC(=O)C=Cc1ccc(O)c(O)c1)C2. The molecule has 2 saturated carbocycles. The number of fused-ring (bicyclic) bond motifs is 2. The number of rotatable bonds is 3. The lowest BCUT2D eigenvalue weighted by Gasteiger charge is -2.38. The van der Waals surface area contributed by atoms with Gasteiger partial charge in [0.05, 0.1) is 0 Å². The first-order chi connectivity index (χ1) is 10.7. The van der Waals surface area contributed by atoms with E-state index in [4.69, 9.17) is 4.74 Å². The van der Waals surface area contributed by atoms with E-state index in [9.17, 15) is 15.0 Å². The topological polar surface area (TPSA) is 66.8 Å². The van der Waals surface area contributed by atoms with Gasteiger partial charge in [0, 0.05) is 11.5 Å². The molecule has 3 rings (SSSR count). The molecular formula is C19H24O4. The third-order valence-corrected chi connectivity index (χ3v) is 6.38. The van der Waals surface area contributed by atoms with Crippen LogP contribution < -0.4 is 0 Å². The lowest BCUT2D eigenvalue weighted by atomic mass is 9.70. The van der Waals surface area contributed by atoms with Crippen molar-refractivity contribution >= 4 is 12.0 Å². The van der Waals surface area contributed by atoms with Crippen LogP contribution in [0.5, 0.6) is 11.5 Å². The Morgan fingerprint density at radius 2 is 2.00 bits per heavy atom. The summed E-state index contributed by atoms with van der Waals surface area (Å²) in [5.74, 6) is -0.111. The van der Waals surface area contributed by atoms with Crippen LogP contribution in [0.2, 0.25) is 0 Å². The molecule has 2 fully saturated rings. The van der Waals surface area contributed by atoms with Gasteiger partial charge >= 0.3 is 5.97 Å². The smallest absolute Gasteiger partial charge is 0.331 e. The number of phenolic OH excluding ortho intramolecular Hbond substituents is 2. The van der Waals surface area contributed by atoms with E-state index in [1.807, 2.05) is 0 Å². The minimum absolute atomic E-state index is 0.0263. The van der Waals surface area contributed by atoms with Gasteiger partial charge in [0.2, 0.25) is 0 Å². The van der Waals surface area contributed by atoms with Gasteiger partial charge < -0.3 is 14.9 Å². The first-order valence-corrected chi connectivity index (χ1v) is 8.15. The highest BCUT2D eigenvalue weighted by molar-refractivity contribution is 5.87. The van der Waals surface area contributed by atoms with E-state index < -0.39 is 0 Å². The second kappa shape index (κ2) is 5.29. The van der Waals surface area contributed by atoms with E-state index in [1.165, 1.54) is 24.6 Å². The maximum absolute atomic E-state index is 12.1. The molecule has 3 atom stereocenters. The Balaban J connectivity index is 1.66. The van der Waals surface area contributed by atoms with Gasteiger partial charge in [-0.3, -0.25) is 0 Å². The van der Waals surface area contributed by atoms with Crippen molar-refractivity contribution in [1.82, 2.24) is 0 Å². The van der Waals surface area contributed by atoms with Gasteiger partial charge in [0.25, 0.3) is 0 Å². The van der Waals surface area contributed by atoms with Gasteiger partial charge in [0.1, 0.15) is 6.10 Å². The van der Waals surface area contributed by atoms with Gasteiger partial charge in [-0.15, -0.1) is 0 Å². The number of carbonyl (C=O) groups is 1. The molecule has 1 aromatic rings. The molecular weight excluding hydrogens is 292 g/mol. The Bertz CT molecular complexity index is 661. The van der Waals surface area contributed by atoms with Crippen LogP contribution in [0.4, 0.5) is 0 Å². The van der Waals surface area contributed by atoms with Crippen LogP contribution in [0.3, 0.4) is 0 Å². The van der Waals surface area contributed by atoms with Crippen LogP contribution >= 0.6 is 0 Å². The third-order valence-electron chi connectivity index (χ3n) is 6.38. The van der Waals surface area contributed by atoms with Crippen LogP contribution in [-0.4, -0.2) is 22.3 Å². The van der Waals surface area contributed by atoms with Crippen LogP contribution in [0, 0.1) is 16.7 Å². The molecule has 0 saturated heterocycles. The highest BCUT2D eigenvalue weighted by Gasteiger charge is 2.62. The summed E-state index contributed by atoms with van der Waals surface area (Å²) in [5.41, 5.74) is 0.902. The maximum atomic E-state index is 12.1. The fourth-order valence-electron chi connectivity index (χ4n) is 4.30. The minimum atomic E-state index is -0.355. The molecule has 2 bridgehead atoms. The lowest BCUT2D eigenvalue weighted by Crippen LogP contribution is -2.38. The van der Waals surface area contributed by atoms with Crippen LogP contribution in [0.25, 0.3) is 6.08 Å². The lowest BCUT2D eigenvalue weighted by molar-refractivity contribution is -0.150. The Hall–Kier alpha value is -1.97. The van der Waals surface area contributed by atoms with Gasteiger partial charge in [-0.2, -0.15) is 0 Å². The van der Waals surface area contributed by atoms with E-state index in [-0.39, 0.29) is 34.4 Å². The van der Waals surface area contributed by atoms with Crippen LogP contribution in [-0.2, 0) is 9.53 Å². The molecule has 4 heteroatoms. The molecule has 23 heavy (non-hydrogen) atoms. The molecule has 0 heterocycles. The first-order valence-electron chi connectivity index (χ1n) is 8.15. The van der Waals surface area contributed by atoms with Crippen molar-refractivity contribution in [2.24, 2.45) is 16.7 Å². The average Bonchev–Trinajstić information content (AvgIpc) is 2.82. The Morgan fingerprint density at radius 3 is 2.57 bits per heavy atom. The van der Waals surface area contributed by atoms with Crippen LogP contribution in [0.1, 0.15) is 45.6 Å². The van der Waals surface area contributed by atoms with E-state index in [1.54, 1.807) is 12.1 Å². The van der Waals surface area contributed by atoms with Crippen molar-refractivity contribution in [2.75, 3.05) is 0 Å². The quantitative estimate of drug-likeness (QED) is 0.505. The molecule has 4 nitrogen and oxygen atoms in total. The summed E-state index contributed by atoms with van der Waals surface area (Å²) in [6.45, 7) is 6.81. The molecule has 1 aromatic carbocycles. The van der Waals surface area contributed by atoms with Gasteiger partial charge in [-0.05, 0) is 54.4 Å². The number of ether oxygens (including phenoxy) is 1. The van der Waals surface area contributed by atoms with Crippen molar-refractivity contribution in [2.45, 2.75) is 46.1 Å². The Labute approximate surface area is 136 Å². The average molecular weight is 316 g/mol. The molecule has 0 spiro atoms. The van der Waals surface area contributed by atoms with Gasteiger partial charge in [-0.25, -0.2) is 4.79 Å². The zero-order valence-corrected chi connectivity index (χ0v) is 13.9. The summed E-state index contributed by atoms with van der Waals surface area (Å²) in [4.78, 5) is 12.1. The predicted molar refractivity (Wildman–Crippen MR) is 87.9 cm³/mol. The number of esters is 1. The fourth-order valence-corrected chi connectivity index (χ4v) is 4.30. The molecule has 0 radical (unpaired) electrons. The summed E-state index contributed by atoms with van der Waals surface area (Å²) in [7, 11) is 0. The normalized spacial score (nSPS) is 31.6. The van der Waals surface area contributed by atoms with Crippen LogP contribution in [0.15, 0.2) is 24.3 Å². The molecule has 2 N–H and O–H groups in total. The van der Waals surface area contributed by atoms with E-state index >= 15 is 0 Å². The Kier molecular flexibility index (Phi) is 3.66. The van der Waals surface area contributed by atoms with Gasteiger partial charge in [-0.1, -0.05) is 26.8 Å². The first kappa shape index (κ1) is 15.9. The van der Waals surface area contributed by atoms with Crippen molar-refractivity contribution in [3.63, 3.8) is 0 Å². The second-order valence-corrected chi connectivity index (χ2v) is 7.62. The molecule has 124 valence electrons. The molecule has 2 aliphatic rings. The monoisotopic (exact) mass is 316 g/mol. The van der Waals surface area contributed by atoms with Gasteiger partial charge in [0.15, 0.2) is 11.5 Å².